The van der Waals surface area contributed by atoms with Gasteiger partial charge in [0.15, 0.2) is 0 Å². The third-order valence-corrected chi connectivity index (χ3v) is 18.4. The first kappa shape index (κ1) is 57.1. The van der Waals surface area contributed by atoms with Crippen LogP contribution in [0, 0.1) is 62.1 Å². The first-order valence-electron chi connectivity index (χ1n) is 25.5. The number of fused-ring (bicyclic) bond motifs is 3. The zero-order chi connectivity index (χ0) is 48.0. The molecular weight excluding hydrogens is 798 g/mol. The van der Waals surface area contributed by atoms with Gasteiger partial charge in [0, 0.05) is 28.4 Å². The number of carbonyl (C=O) groups excluding carboxylic acids is 1. The second-order valence-corrected chi connectivity index (χ2v) is 23.9. The van der Waals surface area contributed by atoms with Gasteiger partial charge in [-0.15, -0.1) is 0 Å². The second-order valence-electron chi connectivity index (χ2n) is 22.8. The van der Waals surface area contributed by atoms with Gasteiger partial charge in [-0.1, -0.05) is 155 Å². The van der Waals surface area contributed by atoms with Crippen molar-refractivity contribution in [2.24, 2.45) is 62.1 Å². The third-order valence-electron chi connectivity index (χ3n) is 17.5. The van der Waals surface area contributed by atoms with Crippen LogP contribution in [0.2, 0.25) is 0 Å². The summed E-state index contributed by atoms with van der Waals surface area (Å²) in [5.41, 5.74) is 4.37. The van der Waals surface area contributed by atoms with E-state index < -0.39 is 0 Å². The molecule has 6 nitrogen and oxygen atoms in total. The largest absolute Gasteiger partial charge is 0.496 e. The summed E-state index contributed by atoms with van der Waals surface area (Å²) < 4.78 is 11.5. The summed E-state index contributed by atoms with van der Waals surface area (Å²) in [6, 6.07) is 8.11. The molecule has 1 aromatic rings. The lowest BCUT2D eigenvalue weighted by molar-refractivity contribution is -0.234. The summed E-state index contributed by atoms with van der Waals surface area (Å²) in [4.78, 5) is 21.4. The Morgan fingerprint density at radius 3 is 2.03 bits per heavy atom. The number of carbonyl (C=O) groups is 2. The van der Waals surface area contributed by atoms with E-state index in [1.165, 1.54) is 82.4 Å². The fourth-order valence-electron chi connectivity index (χ4n) is 14.0. The number of benzene rings is 1. The molecule has 0 bridgehead atoms. The van der Waals surface area contributed by atoms with Crippen molar-refractivity contribution in [1.82, 2.24) is 5.32 Å². The Hall–Kier alpha value is -2.07. The maximum Gasteiger partial charge on any atom is 0.306 e. The van der Waals surface area contributed by atoms with E-state index in [1.807, 2.05) is 18.2 Å². The monoisotopic (exact) mass is 898 g/mol. The molecule has 0 heterocycles. The average Bonchev–Trinajstić information content (AvgIpc) is 3.59. The number of hydrogen-bond acceptors (Lipinski definition) is 5. The molecule has 63 heavy (non-hydrogen) atoms. The summed E-state index contributed by atoms with van der Waals surface area (Å²) in [6.45, 7) is 41.6. The number of methoxy groups -OCH3 is 1. The van der Waals surface area contributed by atoms with Crippen molar-refractivity contribution in [3.63, 3.8) is 0 Å². The minimum Gasteiger partial charge on any atom is -0.496 e. The molecule has 1 aromatic carbocycles. The maximum atomic E-state index is 13.1. The third kappa shape index (κ3) is 12.7. The van der Waals surface area contributed by atoms with Crippen molar-refractivity contribution in [3.8, 4) is 5.75 Å². The minimum atomic E-state index is -0.250. The molecule has 4 aliphatic carbocycles. The molecule has 7 heteroatoms. The topological polar surface area (TPSA) is 84.9 Å². The number of carboxylic acid groups (broad SMARTS) is 1. The van der Waals surface area contributed by atoms with E-state index in [0.717, 1.165) is 57.4 Å². The summed E-state index contributed by atoms with van der Waals surface area (Å²) in [5.74, 6) is 4.62. The lowest BCUT2D eigenvalue weighted by atomic mass is 9.34. The fourth-order valence-corrected chi connectivity index (χ4v) is 14.7. The van der Waals surface area contributed by atoms with Crippen LogP contribution in [-0.2, 0) is 14.3 Å². The van der Waals surface area contributed by atoms with Crippen LogP contribution in [0.5, 0.6) is 5.75 Å². The number of allylic oxidation sites excluding steroid dienone is 2. The van der Waals surface area contributed by atoms with Crippen LogP contribution in [0.1, 0.15) is 207 Å². The van der Waals surface area contributed by atoms with E-state index >= 15 is 0 Å². The van der Waals surface area contributed by atoms with Crippen LogP contribution in [0.3, 0.4) is 0 Å². The Labute approximate surface area is 391 Å². The van der Waals surface area contributed by atoms with Gasteiger partial charge >= 0.3 is 5.97 Å². The van der Waals surface area contributed by atoms with Crippen LogP contribution < -0.4 is 15.4 Å². The second kappa shape index (κ2) is 24.6. The van der Waals surface area contributed by atoms with E-state index in [-0.39, 0.29) is 40.2 Å². The Kier molecular flexibility index (Phi) is 22.3. The van der Waals surface area contributed by atoms with Crippen LogP contribution in [-0.4, -0.2) is 44.0 Å². The van der Waals surface area contributed by atoms with Gasteiger partial charge in [-0.2, -0.15) is 0 Å². The quantitative estimate of drug-likeness (QED) is 0.0888. The Balaban J connectivity index is 0.000000721. The number of hydrogen-bond donors (Lipinski definition) is 2. The summed E-state index contributed by atoms with van der Waals surface area (Å²) >= 11 is 0. The number of ether oxygens (including phenoxy) is 2. The first-order valence-corrected chi connectivity index (χ1v) is 27.0. The Morgan fingerprint density at radius 1 is 0.905 bits per heavy atom. The van der Waals surface area contributed by atoms with Crippen molar-refractivity contribution < 1.29 is 24.2 Å². The molecule has 0 saturated heterocycles. The van der Waals surface area contributed by atoms with Crippen LogP contribution >= 0.6 is 8.58 Å². The number of nitrogens with one attached hydrogen (secondary N) is 1. The van der Waals surface area contributed by atoms with Crippen LogP contribution in [0.25, 0.3) is 0 Å². The molecule has 0 radical (unpaired) electrons. The van der Waals surface area contributed by atoms with Crippen molar-refractivity contribution in [2.45, 2.75) is 213 Å². The van der Waals surface area contributed by atoms with E-state index in [4.69, 9.17) is 19.4 Å². The minimum absolute atomic E-state index is 0.000519. The van der Waals surface area contributed by atoms with Crippen molar-refractivity contribution in [3.05, 3.63) is 35.5 Å². The molecule has 10 atom stereocenters. The van der Waals surface area contributed by atoms with Gasteiger partial charge in [-0.3, -0.25) is 9.59 Å². The predicted molar refractivity (Wildman–Crippen MR) is 273 cm³/mol. The molecule has 0 amide bonds. The highest BCUT2D eigenvalue weighted by atomic mass is 31.1. The molecule has 0 aromatic heterocycles. The molecule has 4 saturated carbocycles. The maximum absolute atomic E-state index is 13.1. The lowest BCUT2D eigenvalue weighted by Gasteiger charge is -2.71. The van der Waals surface area contributed by atoms with Crippen molar-refractivity contribution in [1.29, 1.82) is 0 Å². The molecule has 2 N–H and O–H groups in total. The van der Waals surface area contributed by atoms with Gasteiger partial charge < -0.3 is 19.9 Å². The Bertz CT molecular complexity index is 1560. The predicted octanol–water partition coefficient (Wildman–Crippen LogP) is 15.3. The highest BCUT2D eigenvalue weighted by Crippen LogP contribution is 2.75. The van der Waals surface area contributed by atoms with Crippen molar-refractivity contribution >= 4 is 26.3 Å². The van der Waals surface area contributed by atoms with Gasteiger partial charge in [-0.25, -0.2) is 0 Å². The number of para-hydroxylation sites is 1. The van der Waals surface area contributed by atoms with E-state index in [9.17, 15) is 4.79 Å². The normalized spacial score (nSPS) is 32.2. The fraction of sp³-hybridized carbons (Fsp3) is 0.821. The summed E-state index contributed by atoms with van der Waals surface area (Å²) in [5, 5.41) is 12.3. The summed E-state index contributed by atoms with van der Waals surface area (Å²) in [7, 11) is 2.52. The molecule has 4 aliphatic rings. The molecule has 0 aliphatic heterocycles. The number of esters is 1. The van der Waals surface area contributed by atoms with Gasteiger partial charge in [-0.05, 0) is 142 Å². The van der Waals surface area contributed by atoms with Gasteiger partial charge in [0.1, 0.15) is 11.9 Å². The van der Waals surface area contributed by atoms with Gasteiger partial charge in [0.2, 0.25) is 0 Å². The van der Waals surface area contributed by atoms with Crippen molar-refractivity contribution in [2.75, 3.05) is 20.3 Å². The zero-order valence-electron chi connectivity index (χ0n) is 44.2. The molecule has 364 valence electrons. The smallest absolute Gasteiger partial charge is 0.306 e. The summed E-state index contributed by atoms with van der Waals surface area (Å²) in [6.07, 6.45) is 18.3. The number of unbranched alkanes of at least 4 members (excludes halogenated alkanes) is 1. The van der Waals surface area contributed by atoms with Crippen LogP contribution in [0.4, 0.5) is 0 Å². The van der Waals surface area contributed by atoms with Crippen LogP contribution in [0.15, 0.2) is 35.5 Å². The van der Waals surface area contributed by atoms with E-state index in [1.54, 1.807) is 18.4 Å². The van der Waals surface area contributed by atoms with E-state index in [2.05, 4.69) is 129 Å². The van der Waals surface area contributed by atoms with E-state index in [0.29, 0.717) is 23.2 Å². The molecule has 0 spiro atoms. The molecule has 10 unspecified atom stereocenters. The average molecular weight is 898 g/mol. The molecule has 4 fully saturated rings. The highest BCUT2D eigenvalue weighted by molar-refractivity contribution is 7.46. The molecular formula is C56H100NO5P. The Morgan fingerprint density at radius 2 is 1.52 bits per heavy atom. The lowest BCUT2D eigenvalue weighted by Crippen LogP contribution is -2.65. The van der Waals surface area contributed by atoms with Gasteiger partial charge in [0.25, 0.3) is 6.47 Å². The highest BCUT2D eigenvalue weighted by Gasteiger charge is 2.68. The SMILES string of the molecule is CCC.CCCCN/C(=C(/C)CC)C1(CC)CCC(CC)C1C1CCC2C3(C)CCC(OC(=O)CC(C)(C)C)C(C)(C)C3CCC2(C)C1(C)C.COc1ccccc1PC.O=CO. The molecule has 5 rings (SSSR count). The first-order chi connectivity index (χ1) is 29.5. The standard InChI is InChI=1S/C44H79NO2.C8H11OP.C3H8.CH2O2/c1-15-19-28-45-38(30(5)16-2)44(18-4)27-22-31(17-3)37(44)32-20-21-34-42(13)25-24-35(47-36(46)29-39(6,7)8)40(9,10)33(42)23-26-43(34,14)41(32,11)12;1-9-7-5-3-4-6-8(7)10-2;1-3-2;2-1-3/h31-35,37,45H,15-29H2,1-14H3;3-6,10H,1-2H3;3H2,1-2H3;1H,(H,2,3)/b38-30-;;;. The number of rotatable bonds is 13. The zero-order valence-corrected chi connectivity index (χ0v) is 45.2. The van der Waals surface area contributed by atoms with Gasteiger partial charge in [0.05, 0.1) is 13.5 Å².